The van der Waals surface area contributed by atoms with Crippen molar-refractivity contribution in [2.45, 2.75) is 53.5 Å². The van der Waals surface area contributed by atoms with Crippen LogP contribution in [0.4, 0.5) is 0 Å². The molecule has 1 aliphatic carbocycles. The van der Waals surface area contributed by atoms with Gasteiger partial charge in [-0.25, -0.2) is 0 Å². The second-order valence-electron chi connectivity index (χ2n) is 6.01. The molecule has 0 aromatic rings. The van der Waals surface area contributed by atoms with Gasteiger partial charge >= 0.3 is 0 Å². The fourth-order valence-electron chi connectivity index (χ4n) is 2.74. The summed E-state index contributed by atoms with van der Waals surface area (Å²) in [4.78, 5) is 0. The molecule has 0 aromatic heterocycles. The first-order valence-electron chi connectivity index (χ1n) is 5.19. The molecule has 0 bridgehead atoms. The quantitative estimate of drug-likeness (QED) is 0.618. The predicted molar refractivity (Wildman–Crippen MR) is 58.5 cm³/mol. The van der Waals surface area contributed by atoms with Crippen LogP contribution in [-0.2, 0) is 0 Å². The summed E-state index contributed by atoms with van der Waals surface area (Å²) >= 11 is 0. The van der Waals surface area contributed by atoms with E-state index < -0.39 is 0 Å². The average molecular weight is 181 g/mol. The highest BCUT2D eigenvalue weighted by molar-refractivity contribution is 5.19. The summed E-state index contributed by atoms with van der Waals surface area (Å²) in [5.41, 5.74) is 8.11. The predicted octanol–water partition coefficient (Wildman–Crippen LogP) is 3.11. The van der Waals surface area contributed by atoms with Crippen molar-refractivity contribution in [1.29, 1.82) is 0 Å². The molecule has 1 atom stereocenters. The van der Waals surface area contributed by atoms with Gasteiger partial charge in [-0.15, -0.1) is 0 Å². The maximum Gasteiger partial charge on any atom is 0.0225 e. The van der Waals surface area contributed by atoms with Crippen LogP contribution in [0.5, 0.6) is 0 Å². The van der Waals surface area contributed by atoms with Crippen LogP contribution in [-0.4, -0.2) is 6.04 Å². The highest BCUT2D eigenvalue weighted by atomic mass is 14.6. The second kappa shape index (κ2) is 3.13. The zero-order valence-corrected chi connectivity index (χ0v) is 9.65. The molecule has 1 aliphatic rings. The van der Waals surface area contributed by atoms with Crippen LogP contribution in [0, 0.1) is 10.8 Å². The Kier molecular flexibility index (Phi) is 2.59. The van der Waals surface area contributed by atoms with Crippen molar-refractivity contribution in [2.75, 3.05) is 0 Å². The lowest BCUT2D eigenvalue weighted by Gasteiger charge is -2.40. The zero-order chi connectivity index (χ0) is 10.3. The Morgan fingerprint density at radius 1 is 1.31 bits per heavy atom. The van der Waals surface area contributed by atoms with Crippen LogP contribution < -0.4 is 5.73 Å². The third-order valence-electron chi connectivity index (χ3n) is 2.78. The van der Waals surface area contributed by atoms with Gasteiger partial charge in [-0.1, -0.05) is 39.3 Å². The molecule has 2 N–H and O–H groups in total. The van der Waals surface area contributed by atoms with Gasteiger partial charge in [0.1, 0.15) is 0 Å². The largest absolute Gasteiger partial charge is 0.324 e. The van der Waals surface area contributed by atoms with Crippen LogP contribution in [0.15, 0.2) is 11.6 Å². The zero-order valence-electron chi connectivity index (χ0n) is 9.65. The number of nitrogens with two attached hydrogens (primary N) is 1. The van der Waals surface area contributed by atoms with Gasteiger partial charge in [-0.05, 0) is 30.6 Å². The van der Waals surface area contributed by atoms with Crippen molar-refractivity contribution < 1.29 is 0 Å². The van der Waals surface area contributed by atoms with Gasteiger partial charge in [-0.3, -0.25) is 0 Å². The van der Waals surface area contributed by atoms with Crippen molar-refractivity contribution in [3.63, 3.8) is 0 Å². The fourth-order valence-corrected chi connectivity index (χ4v) is 2.74. The molecule has 13 heavy (non-hydrogen) atoms. The molecule has 1 unspecified atom stereocenters. The van der Waals surface area contributed by atoms with Gasteiger partial charge in [0.25, 0.3) is 0 Å². The first kappa shape index (κ1) is 10.8. The summed E-state index contributed by atoms with van der Waals surface area (Å²) < 4.78 is 0. The Morgan fingerprint density at radius 3 is 2.23 bits per heavy atom. The molecule has 1 nitrogen and oxygen atoms in total. The standard InChI is InChI=1S/C12H23N/c1-9(13)10-6-11(2,3)8-12(4,5)7-10/h6,9H,7-8,13H2,1-5H3. The Labute approximate surface area is 82.4 Å². The Hall–Kier alpha value is -0.300. The van der Waals surface area contributed by atoms with Crippen molar-refractivity contribution in [3.8, 4) is 0 Å². The van der Waals surface area contributed by atoms with Gasteiger partial charge in [0.2, 0.25) is 0 Å². The van der Waals surface area contributed by atoms with Crippen LogP contribution in [0.25, 0.3) is 0 Å². The molecule has 0 radical (unpaired) electrons. The highest BCUT2D eigenvalue weighted by Gasteiger charge is 2.33. The monoisotopic (exact) mass is 181 g/mol. The van der Waals surface area contributed by atoms with Gasteiger partial charge in [0.15, 0.2) is 0 Å². The normalized spacial score (nSPS) is 28.0. The van der Waals surface area contributed by atoms with Crippen molar-refractivity contribution in [3.05, 3.63) is 11.6 Å². The third kappa shape index (κ3) is 2.84. The minimum atomic E-state index is 0.221. The van der Waals surface area contributed by atoms with Gasteiger partial charge in [-0.2, -0.15) is 0 Å². The van der Waals surface area contributed by atoms with E-state index in [2.05, 4.69) is 40.7 Å². The molecule has 0 saturated carbocycles. The topological polar surface area (TPSA) is 26.0 Å². The molecule has 1 heteroatoms. The molecule has 0 saturated heterocycles. The summed E-state index contributed by atoms with van der Waals surface area (Å²) in [6, 6.07) is 0.221. The Balaban J connectivity index is 2.93. The molecule has 0 spiro atoms. The second-order valence-corrected chi connectivity index (χ2v) is 6.01. The number of rotatable bonds is 1. The van der Waals surface area contributed by atoms with Crippen molar-refractivity contribution in [2.24, 2.45) is 16.6 Å². The summed E-state index contributed by atoms with van der Waals surface area (Å²) in [7, 11) is 0. The van der Waals surface area contributed by atoms with Crippen molar-refractivity contribution in [1.82, 2.24) is 0 Å². The molecule has 1 rings (SSSR count). The van der Waals surface area contributed by atoms with Crippen LogP contribution in [0.1, 0.15) is 47.5 Å². The molecule has 0 aliphatic heterocycles. The first-order chi connectivity index (χ1) is 5.72. The highest BCUT2D eigenvalue weighted by Crippen LogP contribution is 2.44. The molecule has 0 aromatic carbocycles. The maximum atomic E-state index is 5.94. The summed E-state index contributed by atoms with van der Waals surface area (Å²) in [5, 5.41) is 0. The minimum Gasteiger partial charge on any atom is -0.324 e. The van der Waals surface area contributed by atoms with Crippen molar-refractivity contribution >= 4 is 0 Å². The average Bonchev–Trinajstić information content (AvgIpc) is 1.79. The van der Waals surface area contributed by atoms with E-state index in [1.165, 1.54) is 12.0 Å². The summed E-state index contributed by atoms with van der Waals surface area (Å²) in [5.74, 6) is 0. The van der Waals surface area contributed by atoms with E-state index in [0.717, 1.165) is 6.42 Å². The van der Waals surface area contributed by atoms with E-state index >= 15 is 0 Å². The SMILES string of the molecule is CC(N)C1=CC(C)(C)CC(C)(C)C1. The lowest BCUT2D eigenvalue weighted by Crippen LogP contribution is -2.32. The summed E-state index contributed by atoms with van der Waals surface area (Å²) in [6.07, 6.45) is 4.80. The number of hydrogen-bond donors (Lipinski definition) is 1. The molecular formula is C12H23N. The molecule has 0 amide bonds. The molecule has 76 valence electrons. The first-order valence-corrected chi connectivity index (χ1v) is 5.19. The number of hydrogen-bond acceptors (Lipinski definition) is 1. The third-order valence-corrected chi connectivity index (χ3v) is 2.78. The maximum absolute atomic E-state index is 5.94. The Morgan fingerprint density at radius 2 is 1.85 bits per heavy atom. The molecule has 0 fully saturated rings. The van der Waals surface area contributed by atoms with E-state index in [0.29, 0.717) is 10.8 Å². The smallest absolute Gasteiger partial charge is 0.0225 e. The van der Waals surface area contributed by atoms with Gasteiger partial charge < -0.3 is 5.73 Å². The van der Waals surface area contributed by atoms with Gasteiger partial charge in [0, 0.05) is 6.04 Å². The van der Waals surface area contributed by atoms with E-state index in [4.69, 9.17) is 5.73 Å². The van der Waals surface area contributed by atoms with E-state index in [9.17, 15) is 0 Å². The van der Waals surface area contributed by atoms with Crippen LogP contribution in [0.2, 0.25) is 0 Å². The lowest BCUT2D eigenvalue weighted by atomic mass is 9.66. The minimum absolute atomic E-state index is 0.221. The summed E-state index contributed by atoms with van der Waals surface area (Å²) in [6.45, 7) is 11.4. The van der Waals surface area contributed by atoms with Gasteiger partial charge in [0.05, 0.1) is 0 Å². The van der Waals surface area contributed by atoms with E-state index in [1.54, 1.807) is 0 Å². The van der Waals surface area contributed by atoms with E-state index in [1.807, 2.05) is 0 Å². The molecular weight excluding hydrogens is 158 g/mol. The molecule has 0 heterocycles. The number of allylic oxidation sites excluding steroid dienone is 1. The van der Waals surface area contributed by atoms with Crippen LogP contribution >= 0.6 is 0 Å². The van der Waals surface area contributed by atoms with E-state index in [-0.39, 0.29) is 6.04 Å². The lowest BCUT2D eigenvalue weighted by molar-refractivity contribution is 0.210. The van der Waals surface area contributed by atoms with Crippen LogP contribution in [0.3, 0.4) is 0 Å². The Bertz CT molecular complexity index is 221. The fraction of sp³-hybridized carbons (Fsp3) is 0.833.